The van der Waals surface area contributed by atoms with Crippen molar-refractivity contribution in [2.75, 3.05) is 26.6 Å². The van der Waals surface area contributed by atoms with Gasteiger partial charge in [-0.05, 0) is 7.05 Å². The van der Waals surface area contributed by atoms with E-state index in [0.29, 0.717) is 0 Å². The lowest BCUT2D eigenvalue weighted by molar-refractivity contribution is 0.256. The molecule has 0 unspecified atom stereocenters. The first-order chi connectivity index (χ1) is 3.62. The van der Waals surface area contributed by atoms with Crippen molar-refractivity contribution in [3.05, 3.63) is 0 Å². The molecule has 2 N–H and O–H groups in total. The molecule has 0 saturated carbocycles. The Labute approximate surface area is 52.4 Å². The molecule has 0 aromatic rings. The van der Waals surface area contributed by atoms with E-state index in [9.17, 15) is 0 Å². The van der Waals surface area contributed by atoms with Crippen molar-refractivity contribution in [1.29, 1.82) is 0 Å². The van der Waals surface area contributed by atoms with Crippen molar-refractivity contribution in [3.63, 3.8) is 0 Å². The van der Waals surface area contributed by atoms with Gasteiger partial charge in [0, 0.05) is 19.6 Å². The number of rotatable bonds is 3. The number of hydroxylamine groups is 1. The van der Waals surface area contributed by atoms with Gasteiger partial charge in [-0.3, -0.25) is 4.72 Å². The Bertz CT molecular complexity index is 67.1. The fraction of sp³-hybridized carbons (Fsp3) is 1.00. The van der Waals surface area contributed by atoms with Crippen LogP contribution in [0.25, 0.3) is 0 Å². The van der Waals surface area contributed by atoms with Crippen LogP contribution in [-0.4, -0.2) is 26.6 Å². The monoisotopic (exact) mass is 138 g/mol. The van der Waals surface area contributed by atoms with Crippen LogP contribution in [-0.2, 0) is 4.28 Å². The van der Waals surface area contributed by atoms with Gasteiger partial charge in [0.15, 0.2) is 0 Å². The standard InChI is InChI=1S/C4H14N2OS/c1-5-7-8(3,4)6-2/h5-6H,1-4H3. The molecule has 0 aliphatic carbocycles. The van der Waals surface area contributed by atoms with Crippen LogP contribution < -0.4 is 10.2 Å². The van der Waals surface area contributed by atoms with Crippen LogP contribution in [0.5, 0.6) is 0 Å². The molecule has 0 amide bonds. The fourth-order valence-corrected chi connectivity index (χ4v) is 0.750. The third-order valence-corrected chi connectivity index (χ3v) is 2.35. The topological polar surface area (TPSA) is 33.3 Å². The highest BCUT2D eigenvalue weighted by molar-refractivity contribution is 8.27. The highest BCUT2D eigenvalue weighted by Crippen LogP contribution is 2.32. The summed E-state index contributed by atoms with van der Waals surface area (Å²) in [7, 11) is 2.61. The summed E-state index contributed by atoms with van der Waals surface area (Å²) in [6.45, 7) is 0. The average Bonchev–Trinajstić information content (AvgIpc) is 1.67. The SMILES string of the molecule is CNOS(C)(C)NC. The molecule has 0 aliphatic heterocycles. The van der Waals surface area contributed by atoms with E-state index in [1.807, 2.05) is 19.6 Å². The summed E-state index contributed by atoms with van der Waals surface area (Å²) in [5, 5.41) is 0. The third-order valence-electron chi connectivity index (χ3n) is 0.783. The van der Waals surface area contributed by atoms with Gasteiger partial charge in [-0.15, -0.1) is 0 Å². The zero-order valence-corrected chi connectivity index (χ0v) is 6.63. The molecule has 0 rings (SSSR count). The van der Waals surface area contributed by atoms with Crippen LogP contribution >= 0.6 is 10.5 Å². The molecule has 0 fully saturated rings. The first-order valence-corrected chi connectivity index (χ1v) is 4.77. The quantitative estimate of drug-likeness (QED) is 0.548. The Morgan fingerprint density at radius 2 is 1.75 bits per heavy atom. The second-order valence-electron chi connectivity index (χ2n) is 1.72. The van der Waals surface area contributed by atoms with E-state index in [4.69, 9.17) is 4.28 Å². The van der Waals surface area contributed by atoms with E-state index in [2.05, 4.69) is 10.2 Å². The largest absolute Gasteiger partial charge is 0.263 e. The Morgan fingerprint density at radius 3 is 1.88 bits per heavy atom. The molecule has 0 aliphatic rings. The summed E-state index contributed by atoms with van der Waals surface area (Å²) in [5.74, 6) is 0. The minimum Gasteiger partial charge on any atom is -0.263 e. The molecule has 52 valence electrons. The van der Waals surface area contributed by atoms with Gasteiger partial charge in [-0.25, -0.2) is 4.28 Å². The number of hydrogen-bond donors (Lipinski definition) is 2. The van der Waals surface area contributed by atoms with Crippen molar-refractivity contribution in [2.24, 2.45) is 0 Å². The maximum absolute atomic E-state index is 5.10. The summed E-state index contributed by atoms with van der Waals surface area (Å²) in [6, 6.07) is 0. The van der Waals surface area contributed by atoms with Crippen molar-refractivity contribution < 1.29 is 4.28 Å². The molecule has 8 heavy (non-hydrogen) atoms. The Hall–Kier alpha value is 0.230. The molecule has 0 radical (unpaired) electrons. The molecule has 4 heteroatoms. The average molecular weight is 138 g/mol. The molecule has 0 bridgehead atoms. The molecular formula is C4H14N2OS. The number of nitrogens with one attached hydrogen (secondary N) is 2. The van der Waals surface area contributed by atoms with Crippen molar-refractivity contribution in [1.82, 2.24) is 10.2 Å². The maximum Gasteiger partial charge on any atom is 0.0107 e. The first-order valence-electron chi connectivity index (χ1n) is 2.39. The lowest BCUT2D eigenvalue weighted by Gasteiger charge is -2.28. The summed E-state index contributed by atoms with van der Waals surface area (Å²) in [6.07, 6.45) is 4.03. The smallest absolute Gasteiger partial charge is 0.0107 e. The predicted molar refractivity (Wildman–Crippen MR) is 38.6 cm³/mol. The van der Waals surface area contributed by atoms with Gasteiger partial charge in [-0.1, -0.05) is 10.5 Å². The van der Waals surface area contributed by atoms with E-state index >= 15 is 0 Å². The van der Waals surface area contributed by atoms with Crippen LogP contribution in [0.1, 0.15) is 0 Å². The highest BCUT2D eigenvalue weighted by Gasteiger charge is 2.05. The predicted octanol–water partition coefficient (Wildman–Crippen LogP) is 0.251. The van der Waals surface area contributed by atoms with Crippen molar-refractivity contribution >= 4 is 10.5 Å². The van der Waals surface area contributed by atoms with Crippen LogP contribution in [0.15, 0.2) is 0 Å². The Morgan fingerprint density at radius 1 is 1.25 bits per heavy atom. The molecule has 0 aromatic heterocycles. The van der Waals surface area contributed by atoms with Gasteiger partial charge in [0.2, 0.25) is 0 Å². The van der Waals surface area contributed by atoms with Crippen molar-refractivity contribution in [3.8, 4) is 0 Å². The second kappa shape index (κ2) is 3.29. The molecular weight excluding hydrogens is 124 g/mol. The molecule has 3 nitrogen and oxygen atoms in total. The van der Waals surface area contributed by atoms with Gasteiger partial charge >= 0.3 is 0 Å². The second-order valence-corrected chi connectivity index (χ2v) is 4.77. The van der Waals surface area contributed by atoms with Crippen LogP contribution in [0.4, 0.5) is 0 Å². The van der Waals surface area contributed by atoms with Gasteiger partial charge in [0.05, 0.1) is 0 Å². The van der Waals surface area contributed by atoms with E-state index in [-0.39, 0.29) is 0 Å². The van der Waals surface area contributed by atoms with E-state index < -0.39 is 10.5 Å². The zero-order chi connectivity index (χ0) is 6.62. The summed E-state index contributed by atoms with van der Waals surface area (Å²) in [5.41, 5.74) is 2.63. The van der Waals surface area contributed by atoms with Gasteiger partial charge < -0.3 is 0 Å². The summed E-state index contributed by atoms with van der Waals surface area (Å²) < 4.78 is 8.14. The minimum atomic E-state index is -1.03. The van der Waals surface area contributed by atoms with Crippen molar-refractivity contribution in [2.45, 2.75) is 0 Å². The molecule has 0 aromatic carbocycles. The zero-order valence-electron chi connectivity index (χ0n) is 5.82. The summed E-state index contributed by atoms with van der Waals surface area (Å²) in [4.78, 5) is 0. The third kappa shape index (κ3) is 3.26. The van der Waals surface area contributed by atoms with Gasteiger partial charge in [0.25, 0.3) is 0 Å². The van der Waals surface area contributed by atoms with Gasteiger partial charge in [-0.2, -0.15) is 5.48 Å². The summed E-state index contributed by atoms with van der Waals surface area (Å²) >= 11 is 0. The Kier molecular flexibility index (Phi) is 3.39. The minimum absolute atomic E-state index is 1.03. The molecule has 0 spiro atoms. The Balaban J connectivity index is 3.37. The number of hydrogen-bond acceptors (Lipinski definition) is 3. The lowest BCUT2D eigenvalue weighted by Crippen LogP contribution is -2.21. The lowest BCUT2D eigenvalue weighted by atomic mass is 11.6. The fourth-order valence-electron chi connectivity index (χ4n) is 0.250. The van der Waals surface area contributed by atoms with E-state index in [1.54, 1.807) is 7.05 Å². The first kappa shape index (κ1) is 8.23. The normalized spacial score (nSPS) is 14.0. The van der Waals surface area contributed by atoms with Crippen LogP contribution in [0, 0.1) is 0 Å². The molecule has 0 heterocycles. The van der Waals surface area contributed by atoms with Crippen LogP contribution in [0.3, 0.4) is 0 Å². The maximum atomic E-state index is 5.10. The van der Waals surface area contributed by atoms with E-state index in [0.717, 1.165) is 0 Å². The molecule has 0 saturated heterocycles. The van der Waals surface area contributed by atoms with Gasteiger partial charge in [0.1, 0.15) is 0 Å². The molecule has 0 atom stereocenters. The van der Waals surface area contributed by atoms with E-state index in [1.165, 1.54) is 0 Å². The highest BCUT2D eigenvalue weighted by atomic mass is 32.3. The van der Waals surface area contributed by atoms with Crippen LogP contribution in [0.2, 0.25) is 0 Å².